The molecule has 74 valence electrons. The Bertz CT molecular complexity index is 443. The summed E-state index contributed by atoms with van der Waals surface area (Å²) >= 11 is 0. The molecule has 1 heterocycles. The van der Waals surface area contributed by atoms with Gasteiger partial charge in [-0.25, -0.2) is 0 Å². The van der Waals surface area contributed by atoms with E-state index in [4.69, 9.17) is 5.73 Å². The number of rotatable bonds is 2. The van der Waals surface area contributed by atoms with E-state index in [1.54, 1.807) is 0 Å². The Morgan fingerprint density at radius 3 is 2.79 bits per heavy atom. The van der Waals surface area contributed by atoms with Gasteiger partial charge in [0.1, 0.15) is 0 Å². The fourth-order valence-corrected chi connectivity index (χ4v) is 1.86. The molecule has 2 rings (SSSR count). The molecular formula is C12H16N2. The van der Waals surface area contributed by atoms with Crippen molar-refractivity contribution in [3.8, 4) is 0 Å². The van der Waals surface area contributed by atoms with Crippen LogP contribution < -0.4 is 5.73 Å². The van der Waals surface area contributed by atoms with Crippen LogP contribution >= 0.6 is 0 Å². The largest absolute Gasteiger partial charge is 0.343 e. The van der Waals surface area contributed by atoms with Crippen LogP contribution in [0.5, 0.6) is 0 Å². The summed E-state index contributed by atoms with van der Waals surface area (Å²) in [5.74, 6) is 0. The van der Waals surface area contributed by atoms with Crippen molar-refractivity contribution in [3.63, 3.8) is 0 Å². The van der Waals surface area contributed by atoms with Crippen LogP contribution in [0.4, 0.5) is 0 Å². The van der Waals surface area contributed by atoms with Crippen LogP contribution in [0.3, 0.4) is 0 Å². The molecule has 0 radical (unpaired) electrons. The van der Waals surface area contributed by atoms with Gasteiger partial charge in [0.15, 0.2) is 0 Å². The number of hydrogen-bond donors (Lipinski definition) is 1. The molecule has 0 saturated heterocycles. The van der Waals surface area contributed by atoms with Gasteiger partial charge in [-0.2, -0.15) is 0 Å². The third-order valence-electron chi connectivity index (χ3n) is 2.76. The van der Waals surface area contributed by atoms with Gasteiger partial charge in [-0.3, -0.25) is 0 Å². The topological polar surface area (TPSA) is 30.9 Å². The number of nitrogens with zero attached hydrogens (tertiary/aromatic N) is 1. The molecule has 2 heteroatoms. The molecule has 1 unspecified atom stereocenters. The zero-order valence-electron chi connectivity index (χ0n) is 8.70. The molecule has 2 aromatic rings. The molecule has 0 aliphatic rings. The van der Waals surface area contributed by atoms with Gasteiger partial charge in [0.05, 0.1) is 0 Å². The monoisotopic (exact) mass is 188 g/mol. The third-order valence-corrected chi connectivity index (χ3v) is 2.76. The lowest BCUT2D eigenvalue weighted by molar-refractivity contribution is 0.576. The predicted molar refractivity (Wildman–Crippen MR) is 60.4 cm³/mol. The first-order valence-electron chi connectivity index (χ1n) is 5.00. The highest BCUT2D eigenvalue weighted by atomic mass is 15.0. The fourth-order valence-electron chi connectivity index (χ4n) is 1.86. The number of fused-ring (bicyclic) bond motifs is 1. The van der Waals surface area contributed by atoms with Crippen LogP contribution in [-0.4, -0.2) is 11.1 Å². The summed E-state index contributed by atoms with van der Waals surface area (Å²) in [6.45, 7) is 4.96. The molecule has 0 aliphatic carbocycles. The molecule has 2 nitrogen and oxygen atoms in total. The van der Waals surface area contributed by atoms with Gasteiger partial charge in [0, 0.05) is 29.7 Å². The molecule has 0 saturated carbocycles. The van der Waals surface area contributed by atoms with E-state index in [0.717, 1.165) is 0 Å². The second-order valence-electron chi connectivity index (χ2n) is 3.82. The van der Waals surface area contributed by atoms with Crippen LogP contribution in [0.25, 0.3) is 10.9 Å². The first kappa shape index (κ1) is 9.28. The number of aromatic nitrogens is 1. The smallest absolute Gasteiger partial charge is 0.0485 e. The maximum absolute atomic E-state index is 5.68. The Morgan fingerprint density at radius 1 is 1.36 bits per heavy atom. The number of para-hydroxylation sites is 1. The molecule has 1 atom stereocenters. The van der Waals surface area contributed by atoms with Gasteiger partial charge in [0.2, 0.25) is 0 Å². The molecule has 1 aromatic carbocycles. The predicted octanol–water partition coefficient (Wildman–Crippen LogP) is 2.47. The van der Waals surface area contributed by atoms with E-state index in [0.29, 0.717) is 12.6 Å². The highest BCUT2D eigenvalue weighted by molar-refractivity contribution is 5.83. The summed E-state index contributed by atoms with van der Waals surface area (Å²) in [5, 5.41) is 1.33. The Hall–Kier alpha value is -1.28. The molecule has 0 fully saturated rings. The van der Waals surface area contributed by atoms with Gasteiger partial charge in [-0.15, -0.1) is 0 Å². The molecule has 0 amide bonds. The van der Waals surface area contributed by atoms with E-state index < -0.39 is 0 Å². The minimum absolute atomic E-state index is 0.369. The van der Waals surface area contributed by atoms with Crippen molar-refractivity contribution < 1.29 is 0 Å². The number of nitrogens with two attached hydrogens (primary N) is 1. The number of aryl methyl sites for hydroxylation is 1. The van der Waals surface area contributed by atoms with Crippen LogP contribution in [0, 0.1) is 6.92 Å². The van der Waals surface area contributed by atoms with Crippen LogP contribution in [0.15, 0.2) is 30.5 Å². The second kappa shape index (κ2) is 3.46. The standard InChI is InChI=1S/C12H16N2/c1-9-8-14(10(2)7-13)12-6-4-3-5-11(9)12/h3-6,8,10H,7,13H2,1-2H3. The maximum Gasteiger partial charge on any atom is 0.0485 e. The Balaban J connectivity index is 2.66. The average Bonchev–Trinajstić information content (AvgIpc) is 2.56. The highest BCUT2D eigenvalue weighted by Gasteiger charge is 2.08. The van der Waals surface area contributed by atoms with Crippen molar-refractivity contribution in [2.75, 3.05) is 6.54 Å². The zero-order chi connectivity index (χ0) is 10.1. The van der Waals surface area contributed by atoms with Crippen molar-refractivity contribution >= 4 is 10.9 Å². The van der Waals surface area contributed by atoms with Gasteiger partial charge in [0.25, 0.3) is 0 Å². The summed E-state index contributed by atoms with van der Waals surface area (Å²) in [7, 11) is 0. The molecule has 0 aliphatic heterocycles. The van der Waals surface area contributed by atoms with E-state index in [2.05, 4.69) is 48.9 Å². The minimum atomic E-state index is 0.369. The summed E-state index contributed by atoms with van der Waals surface area (Å²) in [6.07, 6.45) is 2.18. The van der Waals surface area contributed by atoms with Gasteiger partial charge >= 0.3 is 0 Å². The van der Waals surface area contributed by atoms with E-state index in [9.17, 15) is 0 Å². The van der Waals surface area contributed by atoms with E-state index in [1.165, 1.54) is 16.5 Å². The highest BCUT2D eigenvalue weighted by Crippen LogP contribution is 2.23. The zero-order valence-corrected chi connectivity index (χ0v) is 8.70. The first-order valence-corrected chi connectivity index (χ1v) is 5.00. The van der Waals surface area contributed by atoms with Gasteiger partial charge in [-0.1, -0.05) is 18.2 Å². The summed E-state index contributed by atoms with van der Waals surface area (Å²) in [4.78, 5) is 0. The van der Waals surface area contributed by atoms with Crippen LogP contribution in [0.1, 0.15) is 18.5 Å². The fraction of sp³-hybridized carbons (Fsp3) is 0.333. The van der Waals surface area contributed by atoms with Crippen molar-refractivity contribution in [2.45, 2.75) is 19.9 Å². The SMILES string of the molecule is Cc1cn(C(C)CN)c2ccccc12. The molecule has 0 spiro atoms. The number of benzene rings is 1. The maximum atomic E-state index is 5.68. The van der Waals surface area contributed by atoms with Crippen molar-refractivity contribution in [3.05, 3.63) is 36.0 Å². The van der Waals surface area contributed by atoms with E-state index in [-0.39, 0.29) is 0 Å². The van der Waals surface area contributed by atoms with Crippen LogP contribution in [-0.2, 0) is 0 Å². The third kappa shape index (κ3) is 1.32. The molecular weight excluding hydrogens is 172 g/mol. The minimum Gasteiger partial charge on any atom is -0.343 e. The molecule has 1 aromatic heterocycles. The lowest BCUT2D eigenvalue weighted by Gasteiger charge is -2.12. The second-order valence-corrected chi connectivity index (χ2v) is 3.82. The van der Waals surface area contributed by atoms with Crippen molar-refractivity contribution in [1.82, 2.24) is 4.57 Å². The molecule has 14 heavy (non-hydrogen) atoms. The van der Waals surface area contributed by atoms with Gasteiger partial charge in [-0.05, 0) is 25.5 Å². The summed E-state index contributed by atoms with van der Waals surface area (Å²) < 4.78 is 2.25. The summed E-state index contributed by atoms with van der Waals surface area (Å²) in [5.41, 5.74) is 8.28. The quantitative estimate of drug-likeness (QED) is 0.771. The van der Waals surface area contributed by atoms with Crippen molar-refractivity contribution in [2.24, 2.45) is 5.73 Å². The van der Waals surface area contributed by atoms with E-state index in [1.807, 2.05) is 0 Å². The molecule has 2 N–H and O–H groups in total. The number of hydrogen-bond acceptors (Lipinski definition) is 1. The average molecular weight is 188 g/mol. The summed E-state index contributed by atoms with van der Waals surface area (Å²) in [6, 6.07) is 8.82. The first-order chi connectivity index (χ1) is 6.74. The van der Waals surface area contributed by atoms with Gasteiger partial charge < -0.3 is 10.3 Å². The van der Waals surface area contributed by atoms with Crippen LogP contribution in [0.2, 0.25) is 0 Å². The Morgan fingerprint density at radius 2 is 2.07 bits per heavy atom. The van der Waals surface area contributed by atoms with Crippen molar-refractivity contribution in [1.29, 1.82) is 0 Å². The Labute approximate surface area is 84.3 Å². The normalized spacial score (nSPS) is 13.4. The molecule has 0 bridgehead atoms. The van der Waals surface area contributed by atoms with E-state index >= 15 is 0 Å². The lowest BCUT2D eigenvalue weighted by Crippen LogP contribution is -2.14. The Kier molecular flexibility index (Phi) is 2.30. The lowest BCUT2D eigenvalue weighted by atomic mass is 10.2.